The highest BCUT2D eigenvalue weighted by Gasteiger charge is 2.18. The molecule has 2 N–H and O–H groups in total. The number of rotatable bonds is 8. The number of amides is 1. The number of para-hydroxylation sites is 1. The molecular formula is C16H26N2O2. The second kappa shape index (κ2) is 8.59. The fourth-order valence-electron chi connectivity index (χ4n) is 2.06. The molecule has 0 aromatic heterocycles. The zero-order valence-electron chi connectivity index (χ0n) is 12.7. The Hall–Kier alpha value is -1.55. The number of hydrogen-bond donors (Lipinski definition) is 2. The first-order valence-electron chi connectivity index (χ1n) is 7.35. The molecule has 0 unspecified atom stereocenters. The molecule has 0 saturated heterocycles. The van der Waals surface area contributed by atoms with Crippen molar-refractivity contribution in [3.63, 3.8) is 0 Å². The minimum Gasteiger partial charge on any atom is -0.395 e. The van der Waals surface area contributed by atoms with E-state index in [4.69, 9.17) is 5.11 Å². The molecule has 0 aliphatic carbocycles. The summed E-state index contributed by atoms with van der Waals surface area (Å²) in [7, 11) is 0. The van der Waals surface area contributed by atoms with Gasteiger partial charge < -0.3 is 15.3 Å². The highest BCUT2D eigenvalue weighted by molar-refractivity contribution is 5.99. The number of benzene rings is 1. The maximum atomic E-state index is 12.6. The Morgan fingerprint density at radius 1 is 1.30 bits per heavy atom. The highest BCUT2D eigenvalue weighted by Crippen LogP contribution is 2.18. The molecule has 0 fully saturated rings. The standard InChI is InChI=1S/C16H26N2O2/c1-4-5-10-18(11-12-19)16(20)14-8-6-7-9-15(14)17-13(2)3/h6-9,13,17,19H,4-5,10-12H2,1-3H3. The fourth-order valence-corrected chi connectivity index (χ4v) is 2.06. The molecule has 1 aromatic carbocycles. The van der Waals surface area contributed by atoms with Crippen molar-refractivity contribution in [2.45, 2.75) is 39.7 Å². The molecule has 0 heterocycles. The van der Waals surface area contributed by atoms with E-state index in [1.165, 1.54) is 0 Å². The van der Waals surface area contributed by atoms with Crippen LogP contribution in [-0.4, -0.2) is 41.7 Å². The lowest BCUT2D eigenvalue weighted by molar-refractivity contribution is 0.0720. The summed E-state index contributed by atoms with van der Waals surface area (Å²) in [5.41, 5.74) is 1.53. The van der Waals surface area contributed by atoms with Gasteiger partial charge in [0.2, 0.25) is 0 Å². The van der Waals surface area contributed by atoms with E-state index in [2.05, 4.69) is 12.2 Å². The maximum absolute atomic E-state index is 12.6. The van der Waals surface area contributed by atoms with Crippen LogP contribution < -0.4 is 5.32 Å². The predicted molar refractivity (Wildman–Crippen MR) is 83.1 cm³/mol. The number of carbonyl (C=O) groups excluding carboxylic acids is 1. The van der Waals surface area contributed by atoms with Gasteiger partial charge in [0.05, 0.1) is 12.2 Å². The molecule has 0 aliphatic heterocycles. The SMILES string of the molecule is CCCCN(CCO)C(=O)c1ccccc1NC(C)C. The van der Waals surface area contributed by atoms with Crippen LogP contribution in [0.1, 0.15) is 44.0 Å². The number of unbranched alkanes of at least 4 members (excludes halogenated alkanes) is 1. The van der Waals surface area contributed by atoms with Gasteiger partial charge in [-0.25, -0.2) is 0 Å². The number of carbonyl (C=O) groups is 1. The second-order valence-corrected chi connectivity index (χ2v) is 5.21. The lowest BCUT2D eigenvalue weighted by atomic mass is 10.1. The van der Waals surface area contributed by atoms with Gasteiger partial charge in [0, 0.05) is 24.8 Å². The molecule has 0 atom stereocenters. The van der Waals surface area contributed by atoms with E-state index in [1.807, 2.05) is 38.1 Å². The van der Waals surface area contributed by atoms with E-state index in [0.717, 1.165) is 18.5 Å². The molecule has 20 heavy (non-hydrogen) atoms. The van der Waals surface area contributed by atoms with Gasteiger partial charge in [-0.05, 0) is 32.4 Å². The third-order valence-electron chi connectivity index (χ3n) is 3.04. The molecule has 0 saturated carbocycles. The topological polar surface area (TPSA) is 52.6 Å². The van der Waals surface area contributed by atoms with Crippen LogP contribution in [0.25, 0.3) is 0 Å². The average molecular weight is 278 g/mol. The number of aliphatic hydroxyl groups is 1. The molecule has 1 amide bonds. The smallest absolute Gasteiger partial charge is 0.256 e. The largest absolute Gasteiger partial charge is 0.395 e. The Morgan fingerprint density at radius 3 is 2.60 bits per heavy atom. The van der Waals surface area contributed by atoms with Gasteiger partial charge in [0.1, 0.15) is 0 Å². The van der Waals surface area contributed by atoms with Gasteiger partial charge >= 0.3 is 0 Å². The zero-order valence-corrected chi connectivity index (χ0v) is 12.7. The number of aliphatic hydroxyl groups excluding tert-OH is 1. The van der Waals surface area contributed by atoms with Crippen LogP contribution in [0.3, 0.4) is 0 Å². The second-order valence-electron chi connectivity index (χ2n) is 5.21. The first-order valence-corrected chi connectivity index (χ1v) is 7.35. The lowest BCUT2D eigenvalue weighted by Crippen LogP contribution is -2.35. The molecule has 0 radical (unpaired) electrons. The molecule has 0 aliphatic rings. The van der Waals surface area contributed by atoms with Crippen molar-refractivity contribution in [2.75, 3.05) is 25.0 Å². The van der Waals surface area contributed by atoms with Crippen LogP contribution in [0.5, 0.6) is 0 Å². The number of nitrogens with zero attached hydrogens (tertiary/aromatic N) is 1. The van der Waals surface area contributed by atoms with Crippen molar-refractivity contribution in [1.82, 2.24) is 4.90 Å². The Morgan fingerprint density at radius 2 is 2.00 bits per heavy atom. The minimum absolute atomic E-state index is 0.00473. The van der Waals surface area contributed by atoms with E-state index in [1.54, 1.807) is 4.90 Å². The van der Waals surface area contributed by atoms with Gasteiger partial charge in [-0.1, -0.05) is 25.5 Å². The lowest BCUT2D eigenvalue weighted by Gasteiger charge is -2.23. The molecular weight excluding hydrogens is 252 g/mol. The van der Waals surface area contributed by atoms with Crippen LogP contribution in [0.2, 0.25) is 0 Å². The van der Waals surface area contributed by atoms with E-state index in [9.17, 15) is 4.79 Å². The van der Waals surface area contributed by atoms with Crippen molar-refractivity contribution in [1.29, 1.82) is 0 Å². The van der Waals surface area contributed by atoms with Crippen LogP contribution in [0, 0.1) is 0 Å². The van der Waals surface area contributed by atoms with Crippen molar-refractivity contribution in [3.8, 4) is 0 Å². The predicted octanol–water partition coefficient (Wildman–Crippen LogP) is 2.74. The number of nitrogens with one attached hydrogen (secondary N) is 1. The molecule has 112 valence electrons. The summed E-state index contributed by atoms with van der Waals surface area (Å²) >= 11 is 0. The fraction of sp³-hybridized carbons (Fsp3) is 0.562. The average Bonchev–Trinajstić information content (AvgIpc) is 2.42. The third kappa shape index (κ3) is 4.85. The van der Waals surface area contributed by atoms with Crippen molar-refractivity contribution < 1.29 is 9.90 Å². The monoisotopic (exact) mass is 278 g/mol. The molecule has 4 nitrogen and oxygen atoms in total. The van der Waals surface area contributed by atoms with Crippen LogP contribution in [0.15, 0.2) is 24.3 Å². The van der Waals surface area contributed by atoms with Crippen LogP contribution >= 0.6 is 0 Å². The van der Waals surface area contributed by atoms with Crippen LogP contribution in [0.4, 0.5) is 5.69 Å². The minimum atomic E-state index is -0.0174. The van der Waals surface area contributed by atoms with Gasteiger partial charge in [-0.15, -0.1) is 0 Å². The zero-order chi connectivity index (χ0) is 15.0. The van der Waals surface area contributed by atoms with Gasteiger partial charge in [-0.2, -0.15) is 0 Å². The van der Waals surface area contributed by atoms with E-state index in [-0.39, 0.29) is 18.6 Å². The molecule has 1 aromatic rings. The Bertz CT molecular complexity index is 419. The Kier molecular flexibility index (Phi) is 7.09. The van der Waals surface area contributed by atoms with Gasteiger partial charge in [-0.3, -0.25) is 4.79 Å². The number of hydrogen-bond acceptors (Lipinski definition) is 3. The highest BCUT2D eigenvalue weighted by atomic mass is 16.3. The normalized spacial score (nSPS) is 10.7. The summed E-state index contributed by atoms with van der Waals surface area (Å²) < 4.78 is 0. The quantitative estimate of drug-likeness (QED) is 0.769. The summed E-state index contributed by atoms with van der Waals surface area (Å²) in [5, 5.41) is 12.4. The van der Waals surface area contributed by atoms with Crippen molar-refractivity contribution in [3.05, 3.63) is 29.8 Å². The van der Waals surface area contributed by atoms with Gasteiger partial charge in [0.15, 0.2) is 0 Å². The summed E-state index contributed by atoms with van der Waals surface area (Å²) in [5.74, 6) is -0.0174. The van der Waals surface area contributed by atoms with E-state index >= 15 is 0 Å². The van der Waals surface area contributed by atoms with Crippen molar-refractivity contribution >= 4 is 11.6 Å². The molecule has 4 heteroatoms. The summed E-state index contributed by atoms with van der Waals surface area (Å²) in [6.07, 6.45) is 1.98. The first kappa shape index (κ1) is 16.5. The summed E-state index contributed by atoms with van der Waals surface area (Å²) in [6.45, 7) is 7.25. The molecule has 0 spiro atoms. The van der Waals surface area contributed by atoms with E-state index < -0.39 is 0 Å². The number of anilines is 1. The molecule has 0 bridgehead atoms. The third-order valence-corrected chi connectivity index (χ3v) is 3.04. The van der Waals surface area contributed by atoms with E-state index in [0.29, 0.717) is 18.7 Å². The Labute approximate surface area is 121 Å². The summed E-state index contributed by atoms with van der Waals surface area (Å²) in [4.78, 5) is 14.3. The first-order chi connectivity index (χ1) is 9.60. The van der Waals surface area contributed by atoms with Crippen molar-refractivity contribution in [2.24, 2.45) is 0 Å². The Balaban J connectivity index is 2.92. The van der Waals surface area contributed by atoms with Crippen LogP contribution in [-0.2, 0) is 0 Å². The maximum Gasteiger partial charge on any atom is 0.256 e. The molecule has 1 rings (SSSR count). The summed E-state index contributed by atoms with van der Waals surface area (Å²) in [6, 6.07) is 7.82. The van der Waals surface area contributed by atoms with Gasteiger partial charge in [0.25, 0.3) is 5.91 Å².